The van der Waals surface area contributed by atoms with Crippen LogP contribution in [-0.4, -0.2) is 31.1 Å². The number of piperazine rings is 1. The first-order chi connectivity index (χ1) is 8.72. The highest BCUT2D eigenvalue weighted by atomic mass is 35.5. The molecule has 0 aliphatic carbocycles. The van der Waals surface area contributed by atoms with Crippen molar-refractivity contribution in [3.8, 4) is 0 Å². The number of nitrogens with zero attached hydrogens (tertiary/aromatic N) is 1. The van der Waals surface area contributed by atoms with Gasteiger partial charge in [-0.25, -0.2) is 4.39 Å². The van der Waals surface area contributed by atoms with Crippen molar-refractivity contribution in [3.63, 3.8) is 0 Å². The Bertz CT molecular complexity index is 420. The molecule has 106 valence electrons. The molecule has 5 heteroatoms. The van der Waals surface area contributed by atoms with Crippen LogP contribution in [0.4, 0.5) is 4.39 Å². The normalized spacial score (nSPS) is 17.6. The van der Waals surface area contributed by atoms with Crippen LogP contribution < -0.4 is 5.32 Å². The topological polar surface area (TPSA) is 15.3 Å². The zero-order valence-electron chi connectivity index (χ0n) is 10.7. The van der Waals surface area contributed by atoms with Gasteiger partial charge in [0.25, 0.3) is 0 Å². The average molecular weight is 305 g/mol. The Hall–Kier alpha value is -0.610. The second-order valence-electron chi connectivity index (χ2n) is 4.49. The van der Waals surface area contributed by atoms with Crippen molar-refractivity contribution in [1.82, 2.24) is 10.2 Å². The van der Waals surface area contributed by atoms with Crippen LogP contribution in [0.2, 0.25) is 5.02 Å². The van der Waals surface area contributed by atoms with Gasteiger partial charge in [-0.1, -0.05) is 23.7 Å². The van der Waals surface area contributed by atoms with E-state index in [2.05, 4.69) is 16.8 Å². The largest absolute Gasteiger partial charge is 0.314 e. The molecule has 1 aromatic rings. The van der Waals surface area contributed by atoms with Gasteiger partial charge in [0.2, 0.25) is 0 Å². The third kappa shape index (κ3) is 4.18. The lowest BCUT2D eigenvalue weighted by Crippen LogP contribution is -2.45. The van der Waals surface area contributed by atoms with E-state index in [1.165, 1.54) is 6.07 Å². The molecule has 1 atom stereocenters. The Kier molecular flexibility index (Phi) is 6.80. The van der Waals surface area contributed by atoms with Crippen LogP contribution in [-0.2, 0) is 0 Å². The predicted molar refractivity (Wildman–Crippen MR) is 80.7 cm³/mol. The number of halogens is 3. The summed E-state index contributed by atoms with van der Waals surface area (Å²) in [7, 11) is 0. The first-order valence-corrected chi connectivity index (χ1v) is 6.61. The molecule has 0 amide bonds. The molecule has 1 saturated heterocycles. The van der Waals surface area contributed by atoms with Gasteiger partial charge in [0.1, 0.15) is 5.82 Å². The summed E-state index contributed by atoms with van der Waals surface area (Å²) in [6.07, 6.45) is 2.60. The fraction of sp³-hybridized carbons (Fsp3) is 0.429. The molecule has 0 unspecified atom stereocenters. The molecule has 1 heterocycles. The second kappa shape index (κ2) is 7.85. The molecule has 0 bridgehead atoms. The fourth-order valence-electron chi connectivity index (χ4n) is 2.40. The lowest BCUT2D eigenvalue weighted by atomic mass is 10.0. The van der Waals surface area contributed by atoms with Crippen LogP contribution in [0, 0.1) is 5.82 Å². The standard InChI is InChI=1S/C14H18ClFN2.ClH/c1-2-3-14(18-8-6-17-7-9-18)12-5-4-11(15)10-13(12)16;/h2,4-5,10,14,17H,1,3,6-9H2;1H/t14-;/m0./s1. The summed E-state index contributed by atoms with van der Waals surface area (Å²) in [6, 6.07) is 4.98. The molecule has 2 rings (SSSR count). The maximum Gasteiger partial charge on any atom is 0.129 e. The number of hydrogen-bond donors (Lipinski definition) is 1. The molecule has 0 aromatic heterocycles. The molecule has 1 aliphatic heterocycles. The monoisotopic (exact) mass is 304 g/mol. The molecule has 0 radical (unpaired) electrons. The Morgan fingerprint density at radius 2 is 2.11 bits per heavy atom. The first kappa shape index (κ1) is 16.4. The summed E-state index contributed by atoms with van der Waals surface area (Å²) < 4.78 is 14.0. The number of benzene rings is 1. The van der Waals surface area contributed by atoms with E-state index in [9.17, 15) is 4.39 Å². The van der Waals surface area contributed by atoms with Crippen LogP contribution in [0.15, 0.2) is 30.9 Å². The SMILES string of the molecule is C=CC[C@@H](c1ccc(Cl)cc1F)N1CCNCC1.Cl. The summed E-state index contributed by atoms with van der Waals surface area (Å²) in [5.41, 5.74) is 0.709. The molecule has 1 aliphatic rings. The summed E-state index contributed by atoms with van der Waals surface area (Å²) in [4.78, 5) is 2.30. The van der Waals surface area contributed by atoms with E-state index >= 15 is 0 Å². The van der Waals surface area contributed by atoms with Gasteiger partial charge in [-0.3, -0.25) is 4.90 Å². The molecule has 1 aromatic carbocycles. The van der Waals surface area contributed by atoms with Crippen LogP contribution in [0.5, 0.6) is 0 Å². The van der Waals surface area contributed by atoms with Crippen molar-refractivity contribution in [3.05, 3.63) is 47.3 Å². The van der Waals surface area contributed by atoms with Gasteiger partial charge in [-0.05, 0) is 18.6 Å². The smallest absolute Gasteiger partial charge is 0.129 e. The van der Waals surface area contributed by atoms with E-state index < -0.39 is 0 Å². The van der Waals surface area contributed by atoms with Gasteiger partial charge >= 0.3 is 0 Å². The van der Waals surface area contributed by atoms with Crippen LogP contribution in [0.25, 0.3) is 0 Å². The van der Waals surface area contributed by atoms with Crippen LogP contribution in [0.1, 0.15) is 18.0 Å². The van der Waals surface area contributed by atoms with Gasteiger partial charge in [0, 0.05) is 42.8 Å². The minimum atomic E-state index is -0.229. The number of rotatable bonds is 4. The first-order valence-electron chi connectivity index (χ1n) is 6.23. The molecule has 0 saturated carbocycles. The van der Waals surface area contributed by atoms with E-state index in [1.54, 1.807) is 12.1 Å². The highest BCUT2D eigenvalue weighted by molar-refractivity contribution is 6.30. The third-order valence-corrected chi connectivity index (χ3v) is 3.54. The average Bonchev–Trinajstić information content (AvgIpc) is 2.38. The lowest BCUT2D eigenvalue weighted by molar-refractivity contribution is 0.171. The van der Waals surface area contributed by atoms with E-state index in [0.29, 0.717) is 10.6 Å². The predicted octanol–water partition coefficient (Wildman–Crippen LogP) is 3.42. The van der Waals surface area contributed by atoms with Crippen molar-refractivity contribution in [2.75, 3.05) is 26.2 Å². The molecule has 19 heavy (non-hydrogen) atoms. The van der Waals surface area contributed by atoms with Crippen molar-refractivity contribution in [1.29, 1.82) is 0 Å². The number of nitrogens with one attached hydrogen (secondary N) is 1. The molecule has 2 nitrogen and oxygen atoms in total. The lowest BCUT2D eigenvalue weighted by Gasteiger charge is -2.35. The van der Waals surface area contributed by atoms with Crippen molar-refractivity contribution < 1.29 is 4.39 Å². The molecule has 1 fully saturated rings. The van der Waals surface area contributed by atoms with Crippen LogP contribution in [0.3, 0.4) is 0 Å². The molecule has 0 spiro atoms. The van der Waals surface area contributed by atoms with Crippen molar-refractivity contribution >= 4 is 24.0 Å². The zero-order chi connectivity index (χ0) is 13.0. The van der Waals surface area contributed by atoms with Crippen LogP contribution >= 0.6 is 24.0 Å². The Morgan fingerprint density at radius 1 is 1.42 bits per heavy atom. The van der Waals surface area contributed by atoms with Gasteiger partial charge in [-0.2, -0.15) is 0 Å². The summed E-state index contributed by atoms with van der Waals surface area (Å²) in [5.74, 6) is -0.229. The van der Waals surface area contributed by atoms with E-state index in [4.69, 9.17) is 11.6 Å². The van der Waals surface area contributed by atoms with Crippen molar-refractivity contribution in [2.45, 2.75) is 12.5 Å². The maximum atomic E-state index is 14.0. The Labute approximate surface area is 125 Å². The Morgan fingerprint density at radius 3 is 2.68 bits per heavy atom. The third-order valence-electron chi connectivity index (χ3n) is 3.30. The quantitative estimate of drug-likeness (QED) is 0.858. The van der Waals surface area contributed by atoms with Gasteiger partial charge in [-0.15, -0.1) is 19.0 Å². The highest BCUT2D eigenvalue weighted by Crippen LogP contribution is 2.28. The summed E-state index contributed by atoms with van der Waals surface area (Å²) in [5, 5.41) is 3.74. The molecule has 1 N–H and O–H groups in total. The minimum absolute atomic E-state index is 0. The second-order valence-corrected chi connectivity index (χ2v) is 4.93. The number of hydrogen-bond acceptors (Lipinski definition) is 2. The fourth-order valence-corrected chi connectivity index (χ4v) is 2.55. The van der Waals surface area contributed by atoms with Gasteiger partial charge in [0.15, 0.2) is 0 Å². The van der Waals surface area contributed by atoms with E-state index in [0.717, 1.165) is 32.6 Å². The minimum Gasteiger partial charge on any atom is -0.314 e. The zero-order valence-corrected chi connectivity index (χ0v) is 12.3. The van der Waals surface area contributed by atoms with Gasteiger partial charge in [0.05, 0.1) is 0 Å². The Balaban J connectivity index is 0.00000180. The summed E-state index contributed by atoms with van der Waals surface area (Å²) in [6.45, 7) is 7.53. The van der Waals surface area contributed by atoms with Gasteiger partial charge < -0.3 is 5.32 Å². The maximum absolute atomic E-state index is 14.0. The highest BCUT2D eigenvalue weighted by Gasteiger charge is 2.23. The van der Waals surface area contributed by atoms with E-state index in [1.807, 2.05) is 6.08 Å². The van der Waals surface area contributed by atoms with E-state index in [-0.39, 0.29) is 24.3 Å². The van der Waals surface area contributed by atoms with Crippen molar-refractivity contribution in [2.24, 2.45) is 0 Å². The summed E-state index contributed by atoms with van der Waals surface area (Å²) >= 11 is 5.80. The molecular weight excluding hydrogens is 286 g/mol. The molecular formula is C14H19Cl2FN2.